The van der Waals surface area contributed by atoms with Gasteiger partial charge in [0.1, 0.15) is 12.7 Å². The van der Waals surface area contributed by atoms with Crippen LogP contribution in [-0.2, 0) is 9.53 Å². The summed E-state index contributed by atoms with van der Waals surface area (Å²) in [5.41, 5.74) is 6.38. The number of nitrogen functional groups attached to an aromatic ring is 1. The standard InChI is InChI=1S/C18H30N2O4/c1-12(2)20(13(3)4)10-16(24-14(5)21)11-23-18-9-15(19)7-8-17(18)22-6/h7-9,12-13,16H,10-11,19H2,1-6H3. The molecular weight excluding hydrogens is 308 g/mol. The van der Waals surface area contributed by atoms with E-state index in [1.807, 2.05) is 0 Å². The lowest BCUT2D eigenvalue weighted by atomic mass is 10.2. The van der Waals surface area contributed by atoms with Crippen molar-refractivity contribution < 1.29 is 19.0 Å². The lowest BCUT2D eigenvalue weighted by Gasteiger charge is -2.33. The predicted octanol–water partition coefficient (Wildman–Crippen LogP) is 2.71. The fourth-order valence-electron chi connectivity index (χ4n) is 2.60. The summed E-state index contributed by atoms with van der Waals surface area (Å²) in [5.74, 6) is 0.807. The van der Waals surface area contributed by atoms with Crippen LogP contribution in [0.25, 0.3) is 0 Å². The number of ether oxygens (including phenoxy) is 3. The third-order valence-corrected chi connectivity index (χ3v) is 3.69. The normalized spacial score (nSPS) is 12.5. The Balaban J connectivity index is 2.83. The fraction of sp³-hybridized carbons (Fsp3) is 0.611. The molecule has 24 heavy (non-hydrogen) atoms. The number of esters is 1. The van der Waals surface area contributed by atoms with Gasteiger partial charge >= 0.3 is 5.97 Å². The van der Waals surface area contributed by atoms with Crippen LogP contribution in [0.2, 0.25) is 0 Å². The van der Waals surface area contributed by atoms with E-state index in [1.54, 1.807) is 25.3 Å². The Bertz CT molecular complexity index is 524. The average Bonchev–Trinajstić information content (AvgIpc) is 2.48. The van der Waals surface area contributed by atoms with Crippen molar-refractivity contribution in [2.75, 3.05) is 26.0 Å². The third-order valence-electron chi connectivity index (χ3n) is 3.69. The molecule has 1 aromatic rings. The summed E-state index contributed by atoms with van der Waals surface area (Å²) in [6, 6.07) is 5.87. The molecule has 1 unspecified atom stereocenters. The summed E-state index contributed by atoms with van der Waals surface area (Å²) in [4.78, 5) is 13.7. The molecule has 0 amide bonds. The molecule has 136 valence electrons. The molecule has 0 aromatic heterocycles. The van der Waals surface area contributed by atoms with Crippen LogP contribution in [0.5, 0.6) is 11.5 Å². The molecule has 0 saturated carbocycles. The minimum atomic E-state index is -0.376. The minimum absolute atomic E-state index is 0.231. The van der Waals surface area contributed by atoms with Crippen molar-refractivity contribution in [3.63, 3.8) is 0 Å². The molecular formula is C18H30N2O4. The molecule has 0 heterocycles. The Morgan fingerprint density at radius 2 is 1.79 bits per heavy atom. The maximum absolute atomic E-state index is 11.4. The molecule has 0 saturated heterocycles. The molecule has 0 aliphatic rings. The van der Waals surface area contributed by atoms with Gasteiger partial charge in [0, 0.05) is 37.3 Å². The second kappa shape index (κ2) is 9.37. The second-order valence-corrected chi connectivity index (χ2v) is 6.34. The molecule has 1 rings (SSSR count). The van der Waals surface area contributed by atoms with Crippen LogP contribution in [0.15, 0.2) is 18.2 Å². The lowest BCUT2D eigenvalue weighted by molar-refractivity contribution is -0.149. The SMILES string of the molecule is COc1ccc(N)cc1OCC(CN(C(C)C)C(C)C)OC(C)=O. The zero-order chi connectivity index (χ0) is 18.3. The van der Waals surface area contributed by atoms with Gasteiger partial charge in [-0.3, -0.25) is 9.69 Å². The van der Waals surface area contributed by atoms with Gasteiger partial charge in [-0.25, -0.2) is 0 Å². The van der Waals surface area contributed by atoms with Gasteiger partial charge in [-0.05, 0) is 39.8 Å². The zero-order valence-electron chi connectivity index (χ0n) is 15.5. The number of hydrogen-bond donors (Lipinski definition) is 1. The second-order valence-electron chi connectivity index (χ2n) is 6.34. The van der Waals surface area contributed by atoms with Crippen molar-refractivity contribution >= 4 is 11.7 Å². The van der Waals surface area contributed by atoms with Crippen LogP contribution < -0.4 is 15.2 Å². The van der Waals surface area contributed by atoms with E-state index in [9.17, 15) is 4.79 Å². The van der Waals surface area contributed by atoms with E-state index in [4.69, 9.17) is 19.9 Å². The number of nitrogens with zero attached hydrogens (tertiary/aromatic N) is 1. The molecule has 0 aliphatic carbocycles. The summed E-state index contributed by atoms with van der Waals surface area (Å²) in [5, 5.41) is 0. The molecule has 6 heteroatoms. The highest BCUT2D eigenvalue weighted by Crippen LogP contribution is 2.29. The summed E-state index contributed by atoms with van der Waals surface area (Å²) in [7, 11) is 1.57. The molecule has 0 radical (unpaired) electrons. The van der Waals surface area contributed by atoms with Gasteiger partial charge in [0.25, 0.3) is 0 Å². The van der Waals surface area contributed by atoms with E-state index >= 15 is 0 Å². The van der Waals surface area contributed by atoms with E-state index in [1.165, 1.54) is 6.92 Å². The van der Waals surface area contributed by atoms with Gasteiger partial charge in [0.2, 0.25) is 0 Å². The van der Waals surface area contributed by atoms with E-state index in [0.717, 1.165) is 0 Å². The van der Waals surface area contributed by atoms with Crippen molar-refractivity contribution in [1.82, 2.24) is 4.90 Å². The lowest BCUT2D eigenvalue weighted by Crippen LogP contribution is -2.45. The molecule has 1 aromatic carbocycles. The van der Waals surface area contributed by atoms with Crippen LogP contribution in [-0.4, -0.2) is 49.3 Å². The average molecular weight is 338 g/mol. The van der Waals surface area contributed by atoms with Crippen molar-refractivity contribution in [3.05, 3.63) is 18.2 Å². The maximum atomic E-state index is 11.4. The number of methoxy groups -OCH3 is 1. The van der Waals surface area contributed by atoms with Gasteiger partial charge in [0.05, 0.1) is 7.11 Å². The van der Waals surface area contributed by atoms with Crippen molar-refractivity contribution in [1.29, 1.82) is 0 Å². The highest BCUT2D eigenvalue weighted by molar-refractivity contribution is 5.66. The highest BCUT2D eigenvalue weighted by atomic mass is 16.6. The topological polar surface area (TPSA) is 74.0 Å². The fourth-order valence-corrected chi connectivity index (χ4v) is 2.60. The van der Waals surface area contributed by atoms with Gasteiger partial charge in [-0.2, -0.15) is 0 Å². The monoisotopic (exact) mass is 338 g/mol. The Morgan fingerprint density at radius 3 is 2.29 bits per heavy atom. The highest BCUT2D eigenvalue weighted by Gasteiger charge is 2.22. The molecule has 0 fully saturated rings. The van der Waals surface area contributed by atoms with Gasteiger partial charge in [0.15, 0.2) is 11.5 Å². The van der Waals surface area contributed by atoms with Crippen LogP contribution in [0.4, 0.5) is 5.69 Å². The van der Waals surface area contributed by atoms with Crippen molar-refractivity contribution in [2.45, 2.75) is 52.8 Å². The van der Waals surface area contributed by atoms with Crippen molar-refractivity contribution in [3.8, 4) is 11.5 Å². The van der Waals surface area contributed by atoms with Crippen LogP contribution >= 0.6 is 0 Å². The maximum Gasteiger partial charge on any atom is 0.303 e. The number of rotatable bonds is 9. The minimum Gasteiger partial charge on any atom is -0.493 e. The largest absolute Gasteiger partial charge is 0.493 e. The Kier molecular flexibility index (Phi) is 7.85. The predicted molar refractivity (Wildman–Crippen MR) is 95.4 cm³/mol. The van der Waals surface area contributed by atoms with E-state index in [0.29, 0.717) is 35.8 Å². The van der Waals surface area contributed by atoms with E-state index in [-0.39, 0.29) is 18.7 Å². The number of nitrogens with two attached hydrogens (primary N) is 1. The first-order chi connectivity index (χ1) is 11.2. The number of carbonyl (C=O) groups excluding carboxylic acids is 1. The Hall–Kier alpha value is -1.95. The summed E-state index contributed by atoms with van der Waals surface area (Å²) < 4.78 is 16.5. The van der Waals surface area contributed by atoms with E-state index < -0.39 is 0 Å². The van der Waals surface area contributed by atoms with Gasteiger partial charge in [-0.1, -0.05) is 0 Å². The molecule has 1 atom stereocenters. The first-order valence-electron chi connectivity index (χ1n) is 8.23. The Labute approximate surface area is 144 Å². The van der Waals surface area contributed by atoms with Crippen LogP contribution in [0, 0.1) is 0 Å². The number of benzene rings is 1. The van der Waals surface area contributed by atoms with Gasteiger partial charge in [-0.15, -0.1) is 0 Å². The van der Waals surface area contributed by atoms with Crippen LogP contribution in [0.3, 0.4) is 0 Å². The number of anilines is 1. The third kappa shape index (κ3) is 6.28. The quantitative estimate of drug-likeness (QED) is 0.551. The molecule has 0 bridgehead atoms. The first-order valence-corrected chi connectivity index (χ1v) is 8.23. The van der Waals surface area contributed by atoms with Crippen molar-refractivity contribution in [2.24, 2.45) is 0 Å². The zero-order valence-corrected chi connectivity index (χ0v) is 15.5. The van der Waals surface area contributed by atoms with E-state index in [2.05, 4.69) is 32.6 Å². The van der Waals surface area contributed by atoms with Gasteiger partial charge < -0.3 is 19.9 Å². The summed E-state index contributed by atoms with van der Waals surface area (Å²) in [6.45, 7) is 10.7. The van der Waals surface area contributed by atoms with Crippen LogP contribution in [0.1, 0.15) is 34.6 Å². The number of carbonyl (C=O) groups is 1. The summed E-state index contributed by atoms with van der Waals surface area (Å²) in [6.07, 6.45) is -0.376. The smallest absolute Gasteiger partial charge is 0.303 e. The molecule has 2 N–H and O–H groups in total. The first kappa shape index (κ1) is 20.1. The summed E-state index contributed by atoms with van der Waals surface area (Å²) >= 11 is 0. The molecule has 0 aliphatic heterocycles. The molecule has 0 spiro atoms. The number of hydrogen-bond acceptors (Lipinski definition) is 6. The molecule has 6 nitrogen and oxygen atoms in total. The Morgan fingerprint density at radius 1 is 1.17 bits per heavy atom.